The highest BCUT2D eigenvalue weighted by Crippen LogP contribution is 2.26. The van der Waals surface area contributed by atoms with Crippen LogP contribution in [-0.2, 0) is 0 Å². The highest BCUT2D eigenvalue weighted by molar-refractivity contribution is 5.51. The molecule has 0 radical (unpaired) electrons. The van der Waals surface area contributed by atoms with E-state index >= 15 is 0 Å². The number of pyridine rings is 1. The molecule has 5 heteroatoms. The maximum atomic E-state index is 9.04. The first-order valence-electron chi connectivity index (χ1n) is 6.94. The molecular formula is C16H16N4O. The van der Waals surface area contributed by atoms with E-state index in [1.165, 1.54) is 5.69 Å². The van der Waals surface area contributed by atoms with Crippen LogP contribution in [0.15, 0.2) is 42.7 Å². The van der Waals surface area contributed by atoms with Crippen LogP contribution >= 0.6 is 0 Å². The fraction of sp³-hybridized carbons (Fsp3) is 0.250. The van der Waals surface area contributed by atoms with Crippen LogP contribution in [-0.4, -0.2) is 31.2 Å². The van der Waals surface area contributed by atoms with Gasteiger partial charge in [0.1, 0.15) is 11.8 Å². The molecule has 1 aliphatic rings. The van der Waals surface area contributed by atoms with E-state index < -0.39 is 0 Å². The minimum atomic E-state index is 0.481. The predicted molar refractivity (Wildman–Crippen MR) is 80.6 cm³/mol. The molecule has 0 atom stereocenters. The van der Waals surface area contributed by atoms with Crippen molar-refractivity contribution in [3.8, 4) is 17.6 Å². The van der Waals surface area contributed by atoms with Crippen LogP contribution in [0.4, 0.5) is 5.69 Å². The van der Waals surface area contributed by atoms with Crippen molar-refractivity contribution in [3.63, 3.8) is 0 Å². The molecule has 1 fully saturated rings. The molecule has 2 aromatic rings. The second-order valence-corrected chi connectivity index (χ2v) is 4.82. The van der Waals surface area contributed by atoms with Crippen LogP contribution in [0.1, 0.15) is 5.56 Å². The molecule has 1 aliphatic heterocycles. The zero-order valence-electron chi connectivity index (χ0n) is 11.6. The molecule has 1 saturated heterocycles. The van der Waals surface area contributed by atoms with Gasteiger partial charge in [0, 0.05) is 38.1 Å². The van der Waals surface area contributed by atoms with Crippen LogP contribution in [0.25, 0.3) is 0 Å². The lowest BCUT2D eigenvalue weighted by Crippen LogP contribution is -2.43. The average molecular weight is 280 g/mol. The number of aromatic nitrogens is 1. The molecule has 1 aromatic carbocycles. The van der Waals surface area contributed by atoms with Crippen LogP contribution < -0.4 is 15.0 Å². The number of nitrogens with one attached hydrogen (secondary N) is 1. The summed E-state index contributed by atoms with van der Waals surface area (Å²) in [6.07, 6.45) is 3.14. The molecule has 1 aromatic heterocycles. The van der Waals surface area contributed by atoms with E-state index in [9.17, 15) is 0 Å². The van der Waals surface area contributed by atoms with Gasteiger partial charge < -0.3 is 15.0 Å². The quantitative estimate of drug-likeness (QED) is 0.933. The fourth-order valence-electron chi connectivity index (χ4n) is 2.33. The van der Waals surface area contributed by atoms with E-state index in [2.05, 4.69) is 21.3 Å². The van der Waals surface area contributed by atoms with Crippen molar-refractivity contribution in [2.24, 2.45) is 0 Å². The molecule has 106 valence electrons. The zero-order valence-corrected chi connectivity index (χ0v) is 11.6. The normalized spacial score (nSPS) is 14.5. The number of hydrogen-bond acceptors (Lipinski definition) is 5. The molecule has 5 nitrogen and oxygen atoms in total. The van der Waals surface area contributed by atoms with Gasteiger partial charge in [0.15, 0.2) is 5.75 Å². The SMILES string of the molecule is N#Cc1ccncc1Oc1ccc(N2CCNCC2)cc1. The number of rotatable bonds is 3. The Labute approximate surface area is 123 Å². The number of anilines is 1. The Bertz CT molecular complexity index is 642. The maximum absolute atomic E-state index is 9.04. The summed E-state index contributed by atoms with van der Waals surface area (Å²) < 4.78 is 5.73. The Balaban J connectivity index is 1.74. The van der Waals surface area contributed by atoms with E-state index in [1.54, 1.807) is 18.5 Å². The highest BCUT2D eigenvalue weighted by Gasteiger charge is 2.10. The van der Waals surface area contributed by atoms with Gasteiger partial charge in [-0.2, -0.15) is 5.26 Å². The van der Waals surface area contributed by atoms with Crippen LogP contribution in [0.2, 0.25) is 0 Å². The van der Waals surface area contributed by atoms with Crippen molar-refractivity contribution >= 4 is 5.69 Å². The summed E-state index contributed by atoms with van der Waals surface area (Å²) in [7, 11) is 0. The van der Waals surface area contributed by atoms with E-state index in [-0.39, 0.29) is 0 Å². The van der Waals surface area contributed by atoms with Crippen molar-refractivity contribution in [1.29, 1.82) is 5.26 Å². The first-order chi connectivity index (χ1) is 10.4. The minimum Gasteiger partial charge on any atom is -0.454 e. The summed E-state index contributed by atoms with van der Waals surface area (Å²) >= 11 is 0. The largest absolute Gasteiger partial charge is 0.454 e. The van der Waals surface area contributed by atoms with E-state index in [4.69, 9.17) is 10.00 Å². The second kappa shape index (κ2) is 6.25. The zero-order chi connectivity index (χ0) is 14.5. The molecule has 1 N–H and O–H groups in total. The monoisotopic (exact) mass is 280 g/mol. The van der Waals surface area contributed by atoms with Crippen LogP contribution in [0.5, 0.6) is 11.5 Å². The van der Waals surface area contributed by atoms with Gasteiger partial charge in [0.25, 0.3) is 0 Å². The van der Waals surface area contributed by atoms with Gasteiger partial charge in [-0.3, -0.25) is 4.98 Å². The van der Waals surface area contributed by atoms with E-state index in [0.717, 1.165) is 26.2 Å². The molecule has 0 bridgehead atoms. The van der Waals surface area contributed by atoms with Crippen molar-refractivity contribution in [1.82, 2.24) is 10.3 Å². The smallest absolute Gasteiger partial charge is 0.163 e. The number of benzene rings is 1. The van der Waals surface area contributed by atoms with Crippen LogP contribution in [0, 0.1) is 11.3 Å². The summed E-state index contributed by atoms with van der Waals surface area (Å²) in [5.41, 5.74) is 1.67. The van der Waals surface area contributed by atoms with Crippen molar-refractivity contribution in [2.75, 3.05) is 31.1 Å². The lowest BCUT2D eigenvalue weighted by molar-refractivity contribution is 0.478. The van der Waals surface area contributed by atoms with Crippen molar-refractivity contribution in [2.45, 2.75) is 0 Å². The summed E-state index contributed by atoms with van der Waals surface area (Å²) in [5.74, 6) is 1.19. The first kappa shape index (κ1) is 13.4. The first-order valence-corrected chi connectivity index (χ1v) is 6.94. The van der Waals surface area contributed by atoms with Gasteiger partial charge in [0.2, 0.25) is 0 Å². The number of nitriles is 1. The summed E-state index contributed by atoms with van der Waals surface area (Å²) in [6.45, 7) is 4.06. The summed E-state index contributed by atoms with van der Waals surface area (Å²) in [5, 5.41) is 12.4. The molecule has 0 unspecified atom stereocenters. The average Bonchev–Trinajstić information content (AvgIpc) is 2.57. The number of nitrogens with zero attached hydrogens (tertiary/aromatic N) is 3. The number of ether oxygens (including phenoxy) is 1. The van der Waals surface area contributed by atoms with Gasteiger partial charge >= 0.3 is 0 Å². The Hall–Kier alpha value is -2.58. The lowest BCUT2D eigenvalue weighted by Gasteiger charge is -2.29. The summed E-state index contributed by atoms with van der Waals surface area (Å²) in [6, 6.07) is 11.7. The molecule has 0 spiro atoms. The lowest BCUT2D eigenvalue weighted by atomic mass is 10.2. The second-order valence-electron chi connectivity index (χ2n) is 4.82. The molecule has 0 aliphatic carbocycles. The Kier molecular flexibility index (Phi) is 3.99. The molecule has 0 saturated carbocycles. The highest BCUT2D eigenvalue weighted by atomic mass is 16.5. The predicted octanol–water partition coefficient (Wildman–Crippen LogP) is 2.16. The summed E-state index contributed by atoms with van der Waals surface area (Å²) in [4.78, 5) is 6.33. The van der Waals surface area contributed by atoms with Gasteiger partial charge in [-0.25, -0.2) is 0 Å². The van der Waals surface area contributed by atoms with Crippen molar-refractivity contribution in [3.05, 3.63) is 48.3 Å². The Morgan fingerprint density at radius 1 is 1.14 bits per heavy atom. The van der Waals surface area contributed by atoms with E-state index in [1.807, 2.05) is 24.3 Å². The third-order valence-corrected chi connectivity index (χ3v) is 3.45. The van der Waals surface area contributed by atoms with E-state index in [0.29, 0.717) is 17.1 Å². The third kappa shape index (κ3) is 3.12. The fourth-order valence-corrected chi connectivity index (χ4v) is 2.33. The van der Waals surface area contributed by atoms with Crippen LogP contribution in [0.3, 0.4) is 0 Å². The standard InChI is InChI=1S/C16H16N4O/c17-11-13-5-6-19-12-16(13)21-15-3-1-14(2-4-15)20-9-7-18-8-10-20/h1-6,12,18H,7-10H2. The topological polar surface area (TPSA) is 61.2 Å². The van der Waals surface area contributed by atoms with Gasteiger partial charge in [0.05, 0.1) is 11.8 Å². The maximum Gasteiger partial charge on any atom is 0.163 e. The molecule has 3 rings (SSSR count). The minimum absolute atomic E-state index is 0.481. The van der Waals surface area contributed by atoms with Gasteiger partial charge in [-0.1, -0.05) is 0 Å². The van der Waals surface area contributed by atoms with Crippen molar-refractivity contribution < 1.29 is 4.74 Å². The third-order valence-electron chi connectivity index (χ3n) is 3.45. The molecule has 0 amide bonds. The Morgan fingerprint density at radius 2 is 1.90 bits per heavy atom. The number of hydrogen-bond donors (Lipinski definition) is 1. The molecule has 2 heterocycles. The number of piperazine rings is 1. The van der Waals surface area contributed by atoms with Gasteiger partial charge in [-0.05, 0) is 30.3 Å². The molecular weight excluding hydrogens is 264 g/mol. The van der Waals surface area contributed by atoms with Gasteiger partial charge in [-0.15, -0.1) is 0 Å². The molecule has 21 heavy (non-hydrogen) atoms. The Morgan fingerprint density at radius 3 is 2.62 bits per heavy atom.